The maximum Gasteiger partial charge on any atom is 0.133 e. The van der Waals surface area contributed by atoms with Gasteiger partial charge in [0.15, 0.2) is 0 Å². The molecule has 0 atom stereocenters. The van der Waals surface area contributed by atoms with Gasteiger partial charge in [-0.25, -0.2) is 9.07 Å². The molecule has 2 aromatic carbocycles. The summed E-state index contributed by atoms with van der Waals surface area (Å²) in [5, 5.41) is 4.52. The Kier molecular flexibility index (Phi) is 3.13. The highest BCUT2D eigenvalue weighted by Gasteiger charge is 2.36. The zero-order chi connectivity index (χ0) is 16.9. The molecule has 5 heteroatoms. The van der Waals surface area contributed by atoms with Crippen molar-refractivity contribution in [2.75, 3.05) is 7.11 Å². The van der Waals surface area contributed by atoms with Gasteiger partial charge in [0, 0.05) is 17.2 Å². The van der Waals surface area contributed by atoms with Crippen molar-refractivity contribution in [3.8, 4) is 28.4 Å². The van der Waals surface area contributed by atoms with Crippen LogP contribution in [0.5, 0.6) is 11.5 Å². The average molecular weight is 324 g/mol. The van der Waals surface area contributed by atoms with E-state index in [1.807, 2.05) is 42.9 Å². The lowest BCUT2D eigenvalue weighted by atomic mass is 9.91. The van der Waals surface area contributed by atoms with E-state index in [2.05, 4.69) is 5.10 Å². The summed E-state index contributed by atoms with van der Waals surface area (Å²) in [5.41, 5.74) is 3.16. The maximum absolute atomic E-state index is 13.2. The second kappa shape index (κ2) is 5.09. The van der Waals surface area contributed by atoms with Gasteiger partial charge in [0.2, 0.25) is 0 Å². The highest BCUT2D eigenvalue weighted by molar-refractivity contribution is 5.76. The van der Waals surface area contributed by atoms with Gasteiger partial charge >= 0.3 is 0 Å². The van der Waals surface area contributed by atoms with Crippen LogP contribution in [0.1, 0.15) is 19.4 Å². The van der Waals surface area contributed by atoms with Gasteiger partial charge in [-0.05, 0) is 50.2 Å². The summed E-state index contributed by atoms with van der Waals surface area (Å²) in [4.78, 5) is 0. The van der Waals surface area contributed by atoms with Crippen LogP contribution >= 0.6 is 0 Å². The fourth-order valence-corrected chi connectivity index (χ4v) is 3.07. The normalized spacial score (nSPS) is 14.5. The van der Waals surface area contributed by atoms with Gasteiger partial charge in [0.1, 0.15) is 22.9 Å². The molecule has 122 valence electrons. The molecule has 4 rings (SSSR count). The number of hydrogen-bond acceptors (Lipinski definition) is 3. The van der Waals surface area contributed by atoms with Gasteiger partial charge in [-0.15, -0.1) is 0 Å². The lowest BCUT2D eigenvalue weighted by Crippen LogP contribution is -2.29. The smallest absolute Gasteiger partial charge is 0.133 e. The highest BCUT2D eigenvalue weighted by atomic mass is 19.1. The third-order valence-electron chi connectivity index (χ3n) is 4.30. The standard InChI is InChI=1S/C19H17FN2O2/c1-19(2)16-11-21-22(13-6-4-12(20)5-7-13)18(16)15-9-8-14(23-3)10-17(15)24-19/h4-11H,1-3H3. The molecule has 0 unspecified atom stereocenters. The lowest BCUT2D eigenvalue weighted by Gasteiger charge is -2.33. The molecule has 0 amide bonds. The molecular weight excluding hydrogens is 307 g/mol. The average Bonchev–Trinajstić information content (AvgIpc) is 3.01. The topological polar surface area (TPSA) is 36.3 Å². The van der Waals surface area contributed by atoms with E-state index in [9.17, 15) is 4.39 Å². The number of nitrogens with zero attached hydrogens (tertiary/aromatic N) is 2. The zero-order valence-electron chi connectivity index (χ0n) is 13.7. The van der Waals surface area contributed by atoms with Gasteiger partial charge < -0.3 is 9.47 Å². The van der Waals surface area contributed by atoms with Crippen LogP contribution in [0.2, 0.25) is 0 Å². The largest absolute Gasteiger partial charge is 0.497 e. The minimum Gasteiger partial charge on any atom is -0.497 e. The molecule has 0 bridgehead atoms. The van der Waals surface area contributed by atoms with E-state index in [-0.39, 0.29) is 5.82 Å². The molecule has 2 heterocycles. The number of fused-ring (bicyclic) bond motifs is 3. The number of halogens is 1. The summed E-state index contributed by atoms with van der Waals surface area (Å²) < 4.78 is 26.5. The molecule has 1 aliphatic rings. The Morgan fingerprint density at radius 3 is 2.58 bits per heavy atom. The highest BCUT2D eigenvalue weighted by Crippen LogP contribution is 2.46. The van der Waals surface area contributed by atoms with Crippen molar-refractivity contribution in [3.05, 3.63) is 60.0 Å². The molecule has 0 spiro atoms. The molecule has 0 radical (unpaired) electrons. The summed E-state index contributed by atoms with van der Waals surface area (Å²) in [5.74, 6) is 1.21. The second-order valence-corrected chi connectivity index (χ2v) is 6.27. The van der Waals surface area contributed by atoms with Crippen molar-refractivity contribution in [2.24, 2.45) is 0 Å². The van der Waals surface area contributed by atoms with Crippen molar-refractivity contribution in [3.63, 3.8) is 0 Å². The Morgan fingerprint density at radius 1 is 1.12 bits per heavy atom. The second-order valence-electron chi connectivity index (χ2n) is 6.27. The summed E-state index contributed by atoms with van der Waals surface area (Å²) in [6.45, 7) is 4.01. The van der Waals surface area contributed by atoms with Crippen LogP contribution in [0, 0.1) is 5.82 Å². The lowest BCUT2D eigenvalue weighted by molar-refractivity contribution is 0.105. The molecule has 1 aliphatic heterocycles. The van der Waals surface area contributed by atoms with E-state index in [1.165, 1.54) is 12.1 Å². The quantitative estimate of drug-likeness (QED) is 0.704. The first-order chi connectivity index (χ1) is 11.5. The van der Waals surface area contributed by atoms with Crippen molar-refractivity contribution in [1.82, 2.24) is 9.78 Å². The Balaban J connectivity index is 1.96. The number of methoxy groups -OCH3 is 1. The molecular formula is C19H17FN2O2. The summed E-state index contributed by atoms with van der Waals surface area (Å²) >= 11 is 0. The Morgan fingerprint density at radius 2 is 1.88 bits per heavy atom. The Labute approximate surface area is 139 Å². The molecule has 4 nitrogen and oxygen atoms in total. The summed E-state index contributed by atoms with van der Waals surface area (Å²) in [7, 11) is 1.63. The van der Waals surface area contributed by atoms with E-state index in [0.29, 0.717) is 0 Å². The van der Waals surface area contributed by atoms with Gasteiger partial charge in [0.05, 0.1) is 24.7 Å². The van der Waals surface area contributed by atoms with Crippen LogP contribution in [0.3, 0.4) is 0 Å². The number of rotatable bonds is 2. The van der Waals surface area contributed by atoms with E-state index in [1.54, 1.807) is 19.2 Å². The van der Waals surface area contributed by atoms with Crippen LogP contribution in [0.4, 0.5) is 4.39 Å². The van der Waals surface area contributed by atoms with Crippen molar-refractivity contribution < 1.29 is 13.9 Å². The van der Waals surface area contributed by atoms with Crippen LogP contribution in [0.15, 0.2) is 48.7 Å². The number of hydrogen-bond donors (Lipinski definition) is 0. The van der Waals surface area contributed by atoms with Crippen LogP contribution in [-0.4, -0.2) is 16.9 Å². The molecule has 0 fully saturated rings. The first-order valence-corrected chi connectivity index (χ1v) is 7.71. The molecule has 0 saturated heterocycles. The van der Waals surface area contributed by atoms with Gasteiger partial charge in [-0.2, -0.15) is 5.10 Å². The van der Waals surface area contributed by atoms with Crippen LogP contribution < -0.4 is 9.47 Å². The van der Waals surface area contributed by atoms with E-state index in [0.717, 1.165) is 34.0 Å². The van der Waals surface area contributed by atoms with Gasteiger partial charge in [-0.1, -0.05) is 0 Å². The first-order valence-electron chi connectivity index (χ1n) is 7.71. The number of ether oxygens (including phenoxy) is 2. The summed E-state index contributed by atoms with van der Waals surface area (Å²) in [6.07, 6.45) is 1.81. The van der Waals surface area contributed by atoms with Crippen molar-refractivity contribution >= 4 is 0 Å². The fraction of sp³-hybridized carbons (Fsp3) is 0.211. The molecule has 0 saturated carbocycles. The molecule has 0 N–H and O–H groups in total. The number of benzene rings is 2. The predicted octanol–water partition coefficient (Wildman–Crippen LogP) is 4.31. The maximum atomic E-state index is 13.2. The third kappa shape index (κ3) is 2.16. The summed E-state index contributed by atoms with van der Waals surface area (Å²) in [6, 6.07) is 12.0. The Bertz CT molecular complexity index is 914. The monoisotopic (exact) mass is 324 g/mol. The predicted molar refractivity (Wildman–Crippen MR) is 89.2 cm³/mol. The minimum absolute atomic E-state index is 0.270. The molecule has 1 aromatic heterocycles. The van der Waals surface area contributed by atoms with Crippen LogP contribution in [0.25, 0.3) is 16.9 Å². The SMILES string of the molecule is COc1ccc2c(c1)OC(C)(C)c1cnn(-c3ccc(F)cc3)c1-2. The minimum atomic E-state index is -0.521. The van der Waals surface area contributed by atoms with Crippen molar-refractivity contribution in [2.45, 2.75) is 19.4 Å². The van der Waals surface area contributed by atoms with Crippen molar-refractivity contribution in [1.29, 1.82) is 0 Å². The van der Waals surface area contributed by atoms with Gasteiger partial charge in [-0.3, -0.25) is 0 Å². The molecule has 3 aromatic rings. The number of aromatic nitrogens is 2. The third-order valence-corrected chi connectivity index (χ3v) is 4.30. The van der Waals surface area contributed by atoms with E-state index >= 15 is 0 Å². The zero-order valence-corrected chi connectivity index (χ0v) is 13.7. The first kappa shape index (κ1) is 14.8. The van der Waals surface area contributed by atoms with E-state index < -0.39 is 5.60 Å². The molecule has 0 aliphatic carbocycles. The van der Waals surface area contributed by atoms with Gasteiger partial charge in [0.25, 0.3) is 0 Å². The Hall–Kier alpha value is -2.82. The van der Waals surface area contributed by atoms with Crippen LogP contribution in [-0.2, 0) is 5.60 Å². The van der Waals surface area contributed by atoms with E-state index in [4.69, 9.17) is 9.47 Å². The molecule has 24 heavy (non-hydrogen) atoms. The fourth-order valence-electron chi connectivity index (χ4n) is 3.07.